The van der Waals surface area contributed by atoms with Crippen molar-refractivity contribution >= 4 is 0 Å². The van der Waals surface area contributed by atoms with Gasteiger partial charge >= 0.3 is 0 Å². The molecule has 0 spiro atoms. The number of rotatable bonds is 4. The van der Waals surface area contributed by atoms with Gasteiger partial charge in [-0.3, -0.25) is 0 Å². The van der Waals surface area contributed by atoms with Crippen molar-refractivity contribution in [3.05, 3.63) is 0 Å². The van der Waals surface area contributed by atoms with Crippen LogP contribution in [-0.4, -0.2) is 0 Å². The van der Waals surface area contributed by atoms with Crippen LogP contribution in [-0.2, 0) is 0 Å². The summed E-state index contributed by atoms with van der Waals surface area (Å²) < 4.78 is 0. The predicted molar refractivity (Wildman–Crippen MR) is 98.9 cm³/mol. The third-order valence-electron chi connectivity index (χ3n) is 7.78. The molecule has 2 aliphatic carbocycles. The van der Waals surface area contributed by atoms with Crippen LogP contribution in [0.25, 0.3) is 0 Å². The Morgan fingerprint density at radius 1 is 0.773 bits per heavy atom. The van der Waals surface area contributed by atoms with E-state index in [4.69, 9.17) is 0 Å². The second-order valence-corrected chi connectivity index (χ2v) is 8.93. The predicted octanol–water partition coefficient (Wildman–Crippen LogP) is 7.18. The smallest absolute Gasteiger partial charge is 0.0321 e. The minimum Gasteiger partial charge on any atom is -0.0654 e. The quantitative estimate of drug-likeness (QED) is 0.516. The fourth-order valence-electron chi connectivity index (χ4n) is 6.43. The molecule has 0 aromatic carbocycles. The van der Waals surface area contributed by atoms with Gasteiger partial charge in [-0.25, -0.2) is 0 Å². The Morgan fingerprint density at radius 3 is 2.00 bits per heavy atom. The highest BCUT2D eigenvalue weighted by atomic mass is 14.6. The lowest BCUT2D eigenvalue weighted by atomic mass is 9.47. The zero-order valence-corrected chi connectivity index (χ0v) is 16.3. The van der Waals surface area contributed by atoms with Crippen molar-refractivity contribution in [1.29, 1.82) is 0 Å². The lowest BCUT2D eigenvalue weighted by molar-refractivity contribution is -0.100. The van der Waals surface area contributed by atoms with E-state index in [1.807, 2.05) is 0 Å². The second-order valence-electron chi connectivity index (χ2n) is 8.93. The van der Waals surface area contributed by atoms with Crippen molar-refractivity contribution in [2.24, 2.45) is 47.3 Å². The highest BCUT2D eigenvalue weighted by Gasteiger charge is 2.52. The monoisotopic (exact) mass is 306 g/mol. The molecule has 0 heterocycles. The van der Waals surface area contributed by atoms with E-state index in [-0.39, 0.29) is 0 Å². The van der Waals surface area contributed by atoms with Gasteiger partial charge in [-0.1, -0.05) is 86.5 Å². The molecule has 8 unspecified atom stereocenters. The average molecular weight is 307 g/mol. The summed E-state index contributed by atoms with van der Waals surface area (Å²) in [6, 6.07) is 0. The van der Waals surface area contributed by atoms with Crippen LogP contribution in [0.15, 0.2) is 0 Å². The standard InChI is InChI=1S/C22H42/c1-7-11-20-18(8-2)13-10-12-15(4)14-19(9-3)21-16(5)17(6)22(20)21/h15-22H,7-14H2,1-6H3. The van der Waals surface area contributed by atoms with Crippen molar-refractivity contribution in [2.75, 3.05) is 0 Å². The summed E-state index contributed by atoms with van der Waals surface area (Å²) in [5.74, 6) is 7.99. The van der Waals surface area contributed by atoms with Gasteiger partial charge in [-0.05, 0) is 53.8 Å². The Kier molecular flexibility index (Phi) is 6.84. The van der Waals surface area contributed by atoms with Crippen LogP contribution in [0.5, 0.6) is 0 Å². The van der Waals surface area contributed by atoms with E-state index >= 15 is 0 Å². The first kappa shape index (κ1) is 18.3. The maximum Gasteiger partial charge on any atom is -0.0321 e. The minimum absolute atomic E-state index is 0.953. The summed E-state index contributed by atoms with van der Waals surface area (Å²) in [7, 11) is 0. The maximum atomic E-state index is 2.57. The molecule has 0 bridgehead atoms. The van der Waals surface area contributed by atoms with Crippen molar-refractivity contribution in [1.82, 2.24) is 0 Å². The molecule has 0 nitrogen and oxygen atoms in total. The lowest BCUT2D eigenvalue weighted by Gasteiger charge is -2.58. The SMILES string of the molecule is CCCC1C(CC)CCCC(C)CC(CC)C2C(C)C(C)C12. The van der Waals surface area contributed by atoms with E-state index in [1.54, 1.807) is 0 Å². The van der Waals surface area contributed by atoms with Crippen LogP contribution < -0.4 is 0 Å². The first-order chi connectivity index (χ1) is 10.5. The Bertz CT molecular complexity index is 320. The third kappa shape index (κ3) is 3.57. The van der Waals surface area contributed by atoms with E-state index in [0.717, 1.165) is 47.3 Å². The molecule has 2 aliphatic rings. The van der Waals surface area contributed by atoms with Crippen LogP contribution >= 0.6 is 0 Å². The highest BCUT2D eigenvalue weighted by Crippen LogP contribution is 2.58. The van der Waals surface area contributed by atoms with Gasteiger partial charge in [0, 0.05) is 0 Å². The molecular weight excluding hydrogens is 264 g/mol. The number of hydrogen-bond donors (Lipinski definition) is 0. The van der Waals surface area contributed by atoms with Crippen molar-refractivity contribution in [2.45, 2.75) is 92.9 Å². The van der Waals surface area contributed by atoms with Crippen LogP contribution in [0.1, 0.15) is 92.9 Å². The number of hydrogen-bond acceptors (Lipinski definition) is 0. The van der Waals surface area contributed by atoms with Gasteiger partial charge in [0.25, 0.3) is 0 Å². The average Bonchev–Trinajstić information content (AvgIpc) is 2.52. The maximum absolute atomic E-state index is 2.57. The van der Waals surface area contributed by atoms with E-state index in [0.29, 0.717) is 0 Å². The molecule has 0 saturated heterocycles. The van der Waals surface area contributed by atoms with Crippen LogP contribution in [0.3, 0.4) is 0 Å². The van der Waals surface area contributed by atoms with Gasteiger partial charge < -0.3 is 0 Å². The summed E-state index contributed by atoms with van der Waals surface area (Å²) in [6.07, 6.45) is 11.7. The summed E-state index contributed by atoms with van der Waals surface area (Å²) in [5.41, 5.74) is 0. The molecule has 0 aliphatic heterocycles. The van der Waals surface area contributed by atoms with Crippen LogP contribution in [0.4, 0.5) is 0 Å². The fourth-order valence-corrected chi connectivity index (χ4v) is 6.43. The normalized spacial score (nSPS) is 46.6. The second kappa shape index (κ2) is 8.20. The van der Waals surface area contributed by atoms with E-state index < -0.39 is 0 Å². The Morgan fingerprint density at radius 2 is 1.41 bits per heavy atom. The largest absolute Gasteiger partial charge is 0.0654 e. The zero-order chi connectivity index (χ0) is 16.3. The molecule has 0 radical (unpaired) electrons. The third-order valence-corrected chi connectivity index (χ3v) is 7.78. The topological polar surface area (TPSA) is 0 Å². The summed E-state index contributed by atoms with van der Waals surface area (Å²) >= 11 is 0. The first-order valence-corrected chi connectivity index (χ1v) is 10.5. The van der Waals surface area contributed by atoms with Gasteiger partial charge in [-0.2, -0.15) is 0 Å². The highest BCUT2D eigenvalue weighted by molar-refractivity contribution is 5.00. The molecule has 2 saturated carbocycles. The minimum atomic E-state index is 0.953. The summed E-state index contributed by atoms with van der Waals surface area (Å²) in [4.78, 5) is 0. The molecule has 0 heteroatoms. The fraction of sp³-hybridized carbons (Fsp3) is 1.00. The van der Waals surface area contributed by atoms with Gasteiger partial charge in [0.15, 0.2) is 0 Å². The van der Waals surface area contributed by atoms with Gasteiger partial charge in [0.2, 0.25) is 0 Å². The van der Waals surface area contributed by atoms with E-state index in [9.17, 15) is 0 Å². The summed E-state index contributed by atoms with van der Waals surface area (Å²) in [5, 5.41) is 0. The molecule has 0 aromatic rings. The zero-order valence-electron chi connectivity index (χ0n) is 16.3. The van der Waals surface area contributed by atoms with Crippen LogP contribution in [0.2, 0.25) is 0 Å². The van der Waals surface area contributed by atoms with Crippen molar-refractivity contribution < 1.29 is 0 Å². The Labute approximate surface area is 140 Å². The van der Waals surface area contributed by atoms with Crippen LogP contribution in [0, 0.1) is 47.3 Å². The van der Waals surface area contributed by atoms with E-state index in [1.165, 1.54) is 51.4 Å². The van der Waals surface area contributed by atoms with Crippen molar-refractivity contribution in [3.63, 3.8) is 0 Å². The molecule has 0 N–H and O–H groups in total. The Balaban J connectivity index is 2.26. The molecule has 2 fully saturated rings. The molecular formula is C22H42. The first-order valence-electron chi connectivity index (χ1n) is 10.5. The van der Waals surface area contributed by atoms with Gasteiger partial charge in [0.05, 0.1) is 0 Å². The molecule has 0 aromatic heterocycles. The molecule has 22 heavy (non-hydrogen) atoms. The number of fused-ring (bicyclic) bond motifs is 1. The molecule has 8 atom stereocenters. The Hall–Kier alpha value is 0. The summed E-state index contributed by atoms with van der Waals surface area (Å²) in [6.45, 7) is 15.0. The van der Waals surface area contributed by atoms with Crippen molar-refractivity contribution in [3.8, 4) is 0 Å². The molecule has 130 valence electrons. The molecule has 0 amide bonds. The lowest BCUT2D eigenvalue weighted by Crippen LogP contribution is -2.52. The molecule has 2 rings (SSSR count). The van der Waals surface area contributed by atoms with Gasteiger partial charge in [0.1, 0.15) is 0 Å². The van der Waals surface area contributed by atoms with E-state index in [2.05, 4.69) is 41.5 Å². The van der Waals surface area contributed by atoms with Gasteiger partial charge in [-0.15, -0.1) is 0 Å².